The van der Waals surface area contributed by atoms with Crippen LogP contribution in [0, 0.1) is 0 Å². The lowest BCUT2D eigenvalue weighted by Gasteiger charge is -2.22. The molecule has 1 aliphatic carbocycles. The van der Waals surface area contributed by atoms with Gasteiger partial charge in [0.2, 0.25) is 5.91 Å². The molecule has 136 valence electrons. The molecule has 7 heteroatoms. The zero-order valence-electron chi connectivity index (χ0n) is 14.8. The van der Waals surface area contributed by atoms with Gasteiger partial charge in [0.25, 0.3) is 5.91 Å². The van der Waals surface area contributed by atoms with Crippen molar-refractivity contribution in [2.24, 2.45) is 0 Å². The Bertz CT molecular complexity index is 770. The molecule has 1 saturated carbocycles. The van der Waals surface area contributed by atoms with Gasteiger partial charge in [0.05, 0.1) is 0 Å². The van der Waals surface area contributed by atoms with Gasteiger partial charge in [-0.25, -0.2) is 0 Å². The lowest BCUT2D eigenvalue weighted by Crippen LogP contribution is -2.36. The van der Waals surface area contributed by atoms with Crippen molar-refractivity contribution in [2.75, 3.05) is 10.6 Å². The summed E-state index contributed by atoms with van der Waals surface area (Å²) >= 11 is 0. The first-order valence-electron chi connectivity index (χ1n) is 8.89. The normalized spacial score (nSPS) is 14.5. The van der Waals surface area contributed by atoms with Crippen molar-refractivity contribution in [3.63, 3.8) is 0 Å². The second-order valence-corrected chi connectivity index (χ2v) is 6.50. The third-order valence-electron chi connectivity index (χ3n) is 4.29. The number of hydrogen-bond acceptors (Lipinski definition) is 5. The zero-order chi connectivity index (χ0) is 18.4. The number of aromatic nitrogens is 2. The largest absolute Gasteiger partial charge is 0.348 e. The summed E-state index contributed by atoms with van der Waals surface area (Å²) in [7, 11) is 0. The lowest BCUT2D eigenvalue weighted by molar-refractivity contribution is -0.114. The van der Waals surface area contributed by atoms with Crippen LogP contribution in [-0.4, -0.2) is 28.1 Å². The number of rotatable bonds is 5. The zero-order valence-corrected chi connectivity index (χ0v) is 14.8. The first kappa shape index (κ1) is 17.8. The molecule has 3 N–H and O–H groups in total. The summed E-state index contributed by atoms with van der Waals surface area (Å²) in [4.78, 5) is 23.4. The summed E-state index contributed by atoms with van der Waals surface area (Å²) in [6.07, 6.45) is 5.64. The quantitative estimate of drug-likeness (QED) is 0.767. The second-order valence-electron chi connectivity index (χ2n) is 6.50. The highest BCUT2D eigenvalue weighted by Crippen LogP contribution is 2.19. The summed E-state index contributed by atoms with van der Waals surface area (Å²) in [5.41, 5.74) is 1.78. The van der Waals surface area contributed by atoms with Crippen molar-refractivity contribution in [1.82, 2.24) is 15.5 Å². The molecule has 0 atom stereocenters. The highest BCUT2D eigenvalue weighted by molar-refractivity contribution is 5.92. The van der Waals surface area contributed by atoms with Crippen LogP contribution in [-0.2, 0) is 4.79 Å². The van der Waals surface area contributed by atoms with Crippen LogP contribution in [0.3, 0.4) is 0 Å². The fraction of sp³-hybridized carbons (Fsp3) is 0.368. The summed E-state index contributed by atoms with van der Waals surface area (Å²) in [6.45, 7) is 1.46. The van der Waals surface area contributed by atoms with E-state index in [2.05, 4.69) is 26.1 Å². The first-order chi connectivity index (χ1) is 12.6. The van der Waals surface area contributed by atoms with Gasteiger partial charge < -0.3 is 16.0 Å². The van der Waals surface area contributed by atoms with E-state index in [4.69, 9.17) is 0 Å². The molecule has 0 radical (unpaired) electrons. The maximum atomic E-state index is 12.3. The van der Waals surface area contributed by atoms with Crippen molar-refractivity contribution < 1.29 is 9.59 Å². The maximum absolute atomic E-state index is 12.3. The van der Waals surface area contributed by atoms with E-state index in [0.717, 1.165) is 31.4 Å². The number of nitrogens with zero attached hydrogens (tertiary/aromatic N) is 2. The van der Waals surface area contributed by atoms with Gasteiger partial charge in [0.1, 0.15) is 0 Å². The number of nitrogens with one attached hydrogen (secondary N) is 3. The highest BCUT2D eigenvalue weighted by atomic mass is 16.2. The number of carbonyl (C=O) groups is 2. The molecule has 0 unspecified atom stereocenters. The van der Waals surface area contributed by atoms with Crippen molar-refractivity contribution in [2.45, 2.75) is 45.1 Å². The molecule has 1 aromatic heterocycles. The average Bonchev–Trinajstić information content (AvgIpc) is 2.63. The molecule has 7 nitrogen and oxygen atoms in total. The van der Waals surface area contributed by atoms with Crippen molar-refractivity contribution in [3.05, 3.63) is 42.1 Å². The van der Waals surface area contributed by atoms with Gasteiger partial charge in [-0.1, -0.05) is 25.3 Å². The molecule has 1 heterocycles. The Labute approximate surface area is 152 Å². The molecule has 26 heavy (non-hydrogen) atoms. The third-order valence-corrected chi connectivity index (χ3v) is 4.29. The minimum absolute atomic E-state index is 0.129. The standard InChI is InChI=1S/C19H23N5O2/c1-13(25)20-15-8-5-9-16(12-15)21-18-11-10-17(23-24-18)19(26)22-14-6-3-2-4-7-14/h5,8-12,14H,2-4,6-7H2,1H3,(H,20,25)(H,21,24)(H,22,26). The number of amides is 2. The molecular formula is C19H23N5O2. The predicted molar refractivity (Wildman–Crippen MR) is 100 cm³/mol. The smallest absolute Gasteiger partial charge is 0.272 e. The SMILES string of the molecule is CC(=O)Nc1cccc(Nc2ccc(C(=O)NC3CCCCC3)nn2)c1. The van der Waals surface area contributed by atoms with Gasteiger partial charge in [-0.15, -0.1) is 10.2 Å². The van der Waals surface area contributed by atoms with Crippen LogP contribution < -0.4 is 16.0 Å². The number of anilines is 3. The van der Waals surface area contributed by atoms with Crippen LogP contribution in [0.25, 0.3) is 0 Å². The van der Waals surface area contributed by atoms with Crippen LogP contribution in [0.2, 0.25) is 0 Å². The van der Waals surface area contributed by atoms with Crippen LogP contribution in [0.4, 0.5) is 17.2 Å². The Kier molecular flexibility index (Phi) is 5.78. The topological polar surface area (TPSA) is 96.0 Å². The second kappa shape index (κ2) is 8.42. The molecule has 0 aliphatic heterocycles. The van der Waals surface area contributed by atoms with Crippen LogP contribution in [0.5, 0.6) is 0 Å². The molecule has 1 aromatic carbocycles. The van der Waals surface area contributed by atoms with Crippen LogP contribution in [0.15, 0.2) is 36.4 Å². The van der Waals surface area contributed by atoms with E-state index in [1.165, 1.54) is 13.3 Å². The number of benzene rings is 1. The molecule has 0 saturated heterocycles. The van der Waals surface area contributed by atoms with Crippen molar-refractivity contribution in [1.29, 1.82) is 0 Å². The minimum Gasteiger partial charge on any atom is -0.348 e. The van der Waals surface area contributed by atoms with Crippen molar-refractivity contribution >= 4 is 29.0 Å². The summed E-state index contributed by atoms with van der Waals surface area (Å²) < 4.78 is 0. The average molecular weight is 353 g/mol. The van der Waals surface area contributed by atoms with E-state index >= 15 is 0 Å². The summed E-state index contributed by atoms with van der Waals surface area (Å²) in [6, 6.07) is 10.9. The summed E-state index contributed by atoms with van der Waals surface area (Å²) in [5.74, 6) is 0.220. The van der Waals surface area contributed by atoms with E-state index in [1.54, 1.807) is 24.3 Å². The molecule has 0 bridgehead atoms. The van der Waals surface area contributed by atoms with Crippen LogP contribution >= 0.6 is 0 Å². The van der Waals surface area contributed by atoms with E-state index in [-0.39, 0.29) is 17.9 Å². The monoisotopic (exact) mass is 353 g/mol. The first-order valence-corrected chi connectivity index (χ1v) is 8.89. The Morgan fingerprint density at radius 3 is 2.46 bits per heavy atom. The highest BCUT2D eigenvalue weighted by Gasteiger charge is 2.17. The third kappa shape index (κ3) is 5.02. The minimum atomic E-state index is -0.177. The molecule has 1 fully saturated rings. The maximum Gasteiger partial charge on any atom is 0.272 e. The Morgan fingerprint density at radius 1 is 1.00 bits per heavy atom. The van der Waals surface area contributed by atoms with Gasteiger partial charge in [-0.2, -0.15) is 0 Å². The van der Waals surface area contributed by atoms with Gasteiger partial charge in [-0.05, 0) is 43.2 Å². The predicted octanol–water partition coefficient (Wildman–Crippen LogP) is 3.24. The molecule has 0 spiro atoms. The fourth-order valence-corrected chi connectivity index (χ4v) is 3.05. The van der Waals surface area contributed by atoms with E-state index in [0.29, 0.717) is 17.2 Å². The van der Waals surface area contributed by atoms with Crippen molar-refractivity contribution in [3.8, 4) is 0 Å². The van der Waals surface area contributed by atoms with Gasteiger partial charge >= 0.3 is 0 Å². The molecule has 2 amide bonds. The number of hydrogen-bond donors (Lipinski definition) is 3. The fourth-order valence-electron chi connectivity index (χ4n) is 3.05. The molecule has 3 rings (SSSR count). The van der Waals surface area contributed by atoms with E-state index in [1.807, 2.05) is 12.1 Å². The van der Waals surface area contributed by atoms with Gasteiger partial charge in [-0.3, -0.25) is 9.59 Å². The van der Waals surface area contributed by atoms with E-state index < -0.39 is 0 Å². The molecule has 1 aliphatic rings. The van der Waals surface area contributed by atoms with Gasteiger partial charge in [0, 0.05) is 24.3 Å². The molecule has 2 aromatic rings. The number of carbonyl (C=O) groups excluding carboxylic acids is 2. The summed E-state index contributed by atoms with van der Waals surface area (Å²) in [5, 5.41) is 16.9. The Hall–Kier alpha value is -2.96. The van der Waals surface area contributed by atoms with Gasteiger partial charge in [0.15, 0.2) is 11.5 Å². The van der Waals surface area contributed by atoms with Crippen LogP contribution in [0.1, 0.15) is 49.5 Å². The molecular weight excluding hydrogens is 330 g/mol. The Balaban J connectivity index is 1.60. The lowest BCUT2D eigenvalue weighted by atomic mass is 9.95. The van der Waals surface area contributed by atoms with E-state index in [9.17, 15) is 9.59 Å². The Morgan fingerprint density at radius 2 is 1.77 bits per heavy atom.